The highest BCUT2D eigenvalue weighted by Crippen LogP contribution is 2.40. The highest BCUT2D eigenvalue weighted by molar-refractivity contribution is 6.17. The maximum absolute atomic E-state index is 6.07. The molecule has 3 rings (SSSR count). The molecule has 2 atom stereocenters. The Hall–Kier alpha value is -0.700. The molecule has 0 aromatic carbocycles. The van der Waals surface area contributed by atoms with E-state index in [1.165, 1.54) is 43.7 Å². The van der Waals surface area contributed by atoms with Crippen molar-refractivity contribution in [2.75, 3.05) is 18.0 Å². The molecule has 0 amide bonds. The molecular formula is C13H20ClN3. The van der Waals surface area contributed by atoms with Gasteiger partial charge in [-0.15, -0.1) is 11.6 Å². The lowest BCUT2D eigenvalue weighted by Gasteiger charge is -2.21. The Morgan fingerprint density at radius 2 is 1.94 bits per heavy atom. The summed E-state index contributed by atoms with van der Waals surface area (Å²) in [5, 5.41) is 4.51. The maximum Gasteiger partial charge on any atom is 0.131 e. The third kappa shape index (κ3) is 1.75. The largest absolute Gasteiger partial charge is 0.356 e. The third-order valence-corrected chi connectivity index (χ3v) is 4.74. The predicted molar refractivity (Wildman–Crippen MR) is 70.5 cm³/mol. The fourth-order valence-corrected chi connectivity index (χ4v) is 3.96. The molecule has 0 bridgehead atoms. The minimum absolute atomic E-state index is 0.570. The number of fused-ring (bicyclic) bond motifs is 1. The van der Waals surface area contributed by atoms with E-state index in [0.717, 1.165) is 17.5 Å². The number of anilines is 1. The van der Waals surface area contributed by atoms with Crippen LogP contribution in [0.15, 0.2) is 0 Å². The van der Waals surface area contributed by atoms with Crippen LogP contribution in [0.5, 0.6) is 0 Å². The summed E-state index contributed by atoms with van der Waals surface area (Å²) in [5.74, 6) is 3.65. The molecule has 1 aliphatic carbocycles. The minimum Gasteiger partial charge on any atom is -0.356 e. The topological polar surface area (TPSA) is 21.1 Å². The lowest BCUT2D eigenvalue weighted by molar-refractivity contribution is 0.494. The SMILES string of the molecule is Cc1nn(C)c(N2CC3CCCC3C2)c1CCl. The van der Waals surface area contributed by atoms with E-state index < -0.39 is 0 Å². The van der Waals surface area contributed by atoms with Crippen molar-refractivity contribution in [2.24, 2.45) is 18.9 Å². The molecule has 0 spiro atoms. The number of halogens is 1. The molecule has 1 saturated carbocycles. The van der Waals surface area contributed by atoms with Gasteiger partial charge in [-0.1, -0.05) is 6.42 Å². The van der Waals surface area contributed by atoms with Gasteiger partial charge in [0, 0.05) is 25.7 Å². The summed E-state index contributed by atoms with van der Waals surface area (Å²) in [6, 6.07) is 0. The van der Waals surface area contributed by atoms with Crippen molar-refractivity contribution in [3.63, 3.8) is 0 Å². The normalized spacial score (nSPS) is 27.8. The number of hydrogen-bond donors (Lipinski definition) is 0. The van der Waals surface area contributed by atoms with Crippen molar-refractivity contribution in [1.82, 2.24) is 9.78 Å². The summed E-state index contributed by atoms with van der Waals surface area (Å²) >= 11 is 6.07. The molecule has 1 saturated heterocycles. The monoisotopic (exact) mass is 253 g/mol. The first kappa shape index (κ1) is 11.4. The molecule has 17 heavy (non-hydrogen) atoms. The molecule has 3 nitrogen and oxygen atoms in total. The quantitative estimate of drug-likeness (QED) is 0.756. The molecule has 0 N–H and O–H groups in total. The van der Waals surface area contributed by atoms with Crippen LogP contribution >= 0.6 is 11.6 Å². The Balaban J connectivity index is 1.90. The molecule has 1 aromatic rings. The zero-order valence-corrected chi connectivity index (χ0v) is 11.4. The molecular weight excluding hydrogens is 234 g/mol. The van der Waals surface area contributed by atoms with Gasteiger partial charge in [0.05, 0.1) is 11.6 Å². The zero-order valence-electron chi connectivity index (χ0n) is 10.6. The molecule has 1 aliphatic heterocycles. The number of aromatic nitrogens is 2. The van der Waals surface area contributed by atoms with Crippen LogP contribution in [0, 0.1) is 18.8 Å². The number of alkyl halides is 1. The van der Waals surface area contributed by atoms with E-state index in [2.05, 4.69) is 16.9 Å². The molecule has 2 fully saturated rings. The highest BCUT2D eigenvalue weighted by Gasteiger charge is 2.37. The smallest absolute Gasteiger partial charge is 0.131 e. The lowest BCUT2D eigenvalue weighted by Crippen LogP contribution is -2.24. The van der Waals surface area contributed by atoms with Crippen LogP contribution in [-0.4, -0.2) is 22.9 Å². The summed E-state index contributed by atoms with van der Waals surface area (Å²) < 4.78 is 2.01. The van der Waals surface area contributed by atoms with Crippen molar-refractivity contribution in [2.45, 2.75) is 32.1 Å². The van der Waals surface area contributed by atoms with E-state index in [-0.39, 0.29) is 0 Å². The Morgan fingerprint density at radius 3 is 2.53 bits per heavy atom. The average Bonchev–Trinajstić information content (AvgIpc) is 2.89. The van der Waals surface area contributed by atoms with E-state index in [0.29, 0.717) is 5.88 Å². The van der Waals surface area contributed by atoms with Gasteiger partial charge in [0.15, 0.2) is 0 Å². The van der Waals surface area contributed by atoms with E-state index in [9.17, 15) is 0 Å². The third-order valence-electron chi connectivity index (χ3n) is 4.47. The van der Waals surface area contributed by atoms with E-state index in [4.69, 9.17) is 11.6 Å². The number of aryl methyl sites for hydroxylation is 2. The molecule has 2 unspecified atom stereocenters. The van der Waals surface area contributed by atoms with Gasteiger partial charge in [0.25, 0.3) is 0 Å². The highest BCUT2D eigenvalue weighted by atomic mass is 35.5. The van der Waals surface area contributed by atoms with Crippen LogP contribution in [0.3, 0.4) is 0 Å². The molecule has 1 aromatic heterocycles. The van der Waals surface area contributed by atoms with Crippen molar-refractivity contribution in [1.29, 1.82) is 0 Å². The molecule has 4 heteroatoms. The summed E-state index contributed by atoms with van der Waals surface area (Å²) in [4.78, 5) is 2.51. The van der Waals surface area contributed by atoms with Crippen LogP contribution in [0.4, 0.5) is 5.82 Å². The van der Waals surface area contributed by atoms with Crippen LogP contribution in [-0.2, 0) is 12.9 Å². The van der Waals surface area contributed by atoms with Gasteiger partial charge in [-0.3, -0.25) is 4.68 Å². The van der Waals surface area contributed by atoms with Crippen LogP contribution in [0.1, 0.15) is 30.5 Å². The standard InChI is InChI=1S/C13H20ClN3/c1-9-12(6-14)13(16(2)15-9)17-7-10-4-3-5-11(10)8-17/h10-11H,3-8H2,1-2H3. The minimum atomic E-state index is 0.570. The van der Waals surface area contributed by atoms with Crippen molar-refractivity contribution < 1.29 is 0 Å². The van der Waals surface area contributed by atoms with Crippen molar-refractivity contribution >= 4 is 17.4 Å². The van der Waals surface area contributed by atoms with Gasteiger partial charge in [-0.25, -0.2) is 0 Å². The first-order chi connectivity index (χ1) is 8.20. The van der Waals surface area contributed by atoms with Gasteiger partial charge < -0.3 is 4.90 Å². The first-order valence-corrected chi connectivity index (χ1v) is 7.07. The summed E-state index contributed by atoms with van der Waals surface area (Å²) in [5.41, 5.74) is 2.30. The number of nitrogens with zero attached hydrogens (tertiary/aromatic N) is 3. The fraction of sp³-hybridized carbons (Fsp3) is 0.769. The summed E-state index contributed by atoms with van der Waals surface area (Å²) in [6.45, 7) is 4.46. The average molecular weight is 254 g/mol. The molecule has 0 radical (unpaired) electrons. The lowest BCUT2D eigenvalue weighted by atomic mass is 10.0. The Morgan fingerprint density at radius 1 is 1.29 bits per heavy atom. The zero-order chi connectivity index (χ0) is 12.0. The Bertz CT molecular complexity index is 415. The molecule has 94 valence electrons. The maximum atomic E-state index is 6.07. The molecule has 2 aliphatic rings. The van der Waals surface area contributed by atoms with Crippen LogP contribution in [0.2, 0.25) is 0 Å². The Labute approximate surface area is 108 Å². The van der Waals surface area contributed by atoms with Gasteiger partial charge in [0.1, 0.15) is 5.82 Å². The Kier molecular flexibility index (Phi) is 2.81. The fourth-order valence-electron chi connectivity index (χ4n) is 3.65. The second kappa shape index (κ2) is 4.20. The van der Waals surface area contributed by atoms with E-state index in [1.807, 2.05) is 11.7 Å². The summed E-state index contributed by atoms with van der Waals surface area (Å²) in [6.07, 6.45) is 4.25. The van der Waals surface area contributed by atoms with Gasteiger partial charge in [-0.05, 0) is 31.6 Å². The van der Waals surface area contributed by atoms with Crippen LogP contribution in [0.25, 0.3) is 0 Å². The van der Waals surface area contributed by atoms with Crippen LogP contribution < -0.4 is 4.90 Å². The predicted octanol–water partition coefficient (Wildman–Crippen LogP) is 2.70. The van der Waals surface area contributed by atoms with Crippen molar-refractivity contribution in [3.8, 4) is 0 Å². The number of hydrogen-bond acceptors (Lipinski definition) is 2. The first-order valence-electron chi connectivity index (χ1n) is 6.54. The van der Waals surface area contributed by atoms with E-state index in [1.54, 1.807) is 0 Å². The second-order valence-electron chi connectivity index (χ2n) is 5.50. The van der Waals surface area contributed by atoms with Gasteiger partial charge >= 0.3 is 0 Å². The van der Waals surface area contributed by atoms with Gasteiger partial charge in [0.2, 0.25) is 0 Å². The van der Waals surface area contributed by atoms with Gasteiger partial charge in [-0.2, -0.15) is 5.10 Å². The second-order valence-corrected chi connectivity index (χ2v) is 5.77. The van der Waals surface area contributed by atoms with E-state index >= 15 is 0 Å². The van der Waals surface area contributed by atoms with Crippen molar-refractivity contribution in [3.05, 3.63) is 11.3 Å². The molecule has 2 heterocycles. The number of rotatable bonds is 2. The summed E-state index contributed by atoms with van der Waals surface area (Å²) in [7, 11) is 2.03.